The number of rotatable bonds is 0. The normalized spacial score (nSPS) is 55.5. The Morgan fingerprint density at radius 3 is 1.25 bits per heavy atom. The summed E-state index contributed by atoms with van der Waals surface area (Å²) >= 11 is 0. The monoisotopic (exact) mass is 160 g/mol. The molecule has 0 bridgehead atoms. The van der Waals surface area contributed by atoms with E-state index in [4.69, 9.17) is 0 Å². The van der Waals surface area contributed by atoms with Gasteiger partial charge in [0.25, 0.3) is 18.3 Å². The molecule has 0 aromatic rings. The van der Waals surface area contributed by atoms with Gasteiger partial charge in [0.2, 0.25) is 0 Å². The van der Waals surface area contributed by atoms with Crippen LogP contribution in [0.3, 0.4) is 0 Å². The summed E-state index contributed by atoms with van der Waals surface area (Å²) in [5.41, 5.74) is -3.91. The maximum absolute atomic E-state index is 11.7. The quantitative estimate of drug-likeness (QED) is 0.270. The highest BCUT2D eigenvalue weighted by atomic mass is 28.4. The third kappa shape index (κ3) is 0.626. The van der Waals surface area contributed by atoms with E-state index in [9.17, 15) is 17.0 Å². The molecule has 0 aromatic heterocycles. The van der Waals surface area contributed by atoms with Crippen LogP contribution in [0.5, 0.6) is 0 Å². The first-order chi connectivity index (χ1) is 3.64. The predicted octanol–water partition coefficient (Wildman–Crippen LogP) is 0.220. The number of halogens is 4. The second-order valence-electron chi connectivity index (χ2n) is 1.78. The molecule has 1 rings (SSSR count). The highest BCUT2D eigenvalue weighted by Crippen LogP contribution is 2.26. The molecule has 1 heterocycles. The zero-order valence-corrected chi connectivity index (χ0v) is 6.13. The fourth-order valence-corrected chi connectivity index (χ4v) is 4.68. The lowest BCUT2D eigenvalue weighted by atomic mass is 11.6. The molecular formula is C2H4F4Si2. The van der Waals surface area contributed by atoms with E-state index in [1.165, 1.54) is 0 Å². The van der Waals surface area contributed by atoms with Crippen LogP contribution >= 0.6 is 0 Å². The third-order valence-electron chi connectivity index (χ3n) is 1.22. The van der Waals surface area contributed by atoms with Gasteiger partial charge in [-0.25, -0.2) is 8.78 Å². The summed E-state index contributed by atoms with van der Waals surface area (Å²) in [6, 6.07) is 0. The summed E-state index contributed by atoms with van der Waals surface area (Å²) < 4.78 is 46.9. The van der Waals surface area contributed by atoms with Gasteiger partial charge in [0.05, 0.1) is 0 Å². The standard InChI is InChI=1S/C2H4F4Si2/c3-1-7(5)2(4)8(1)6/h1-2,7-8H. The first kappa shape index (κ1) is 6.28. The van der Waals surface area contributed by atoms with Gasteiger partial charge in [0, 0.05) is 0 Å². The van der Waals surface area contributed by atoms with Crippen LogP contribution in [0, 0.1) is 0 Å². The molecule has 0 N–H and O–H groups in total. The molecule has 0 aromatic carbocycles. The Morgan fingerprint density at radius 1 is 0.875 bits per heavy atom. The molecular weight excluding hydrogens is 156 g/mol. The maximum atomic E-state index is 11.7. The van der Waals surface area contributed by atoms with Crippen LogP contribution in [0.4, 0.5) is 17.0 Å². The third-order valence-corrected chi connectivity index (χ3v) is 8.06. The van der Waals surface area contributed by atoms with Gasteiger partial charge in [-0.3, -0.25) is 0 Å². The van der Waals surface area contributed by atoms with Gasteiger partial charge in [-0.1, -0.05) is 0 Å². The van der Waals surface area contributed by atoms with Crippen molar-refractivity contribution in [1.29, 1.82) is 0 Å². The predicted molar refractivity (Wildman–Crippen MR) is 26.3 cm³/mol. The molecule has 0 spiro atoms. The van der Waals surface area contributed by atoms with Gasteiger partial charge in [-0.15, -0.1) is 0 Å². The van der Waals surface area contributed by atoms with E-state index in [1.807, 2.05) is 0 Å². The fraction of sp³-hybridized carbons (Fsp3) is 1.00. The lowest BCUT2D eigenvalue weighted by molar-refractivity contribution is 0.374. The minimum atomic E-state index is -3.36. The summed E-state index contributed by atoms with van der Waals surface area (Å²) in [7, 11) is -6.72. The number of alkyl halides is 2. The van der Waals surface area contributed by atoms with Crippen LogP contribution in [0.2, 0.25) is 0 Å². The maximum Gasteiger partial charge on any atom is 0.298 e. The number of hydrogen-bond donors (Lipinski definition) is 0. The van der Waals surface area contributed by atoms with E-state index < -0.39 is 29.1 Å². The van der Waals surface area contributed by atoms with Crippen LogP contribution in [-0.4, -0.2) is 29.1 Å². The van der Waals surface area contributed by atoms with Crippen molar-refractivity contribution in [3.05, 3.63) is 0 Å². The molecule has 1 aliphatic rings. The lowest BCUT2D eigenvalue weighted by Gasteiger charge is -2.28. The van der Waals surface area contributed by atoms with Gasteiger partial charge in [0.15, 0.2) is 0 Å². The van der Waals surface area contributed by atoms with Gasteiger partial charge in [-0.05, 0) is 0 Å². The van der Waals surface area contributed by atoms with Crippen molar-refractivity contribution in [1.82, 2.24) is 0 Å². The average Bonchev–Trinajstić information content (AvgIpc) is 1.83. The summed E-state index contributed by atoms with van der Waals surface area (Å²) in [5.74, 6) is 0. The smallest absolute Gasteiger partial charge is 0.298 e. The fourth-order valence-electron chi connectivity index (χ4n) is 0.557. The number of hydrogen-bond acceptors (Lipinski definition) is 0. The summed E-state index contributed by atoms with van der Waals surface area (Å²) in [5, 5.41) is 0. The average molecular weight is 160 g/mol. The molecule has 48 valence electrons. The molecule has 8 heavy (non-hydrogen) atoms. The molecule has 0 unspecified atom stereocenters. The Kier molecular flexibility index (Phi) is 1.44. The zero-order chi connectivity index (χ0) is 6.31. The van der Waals surface area contributed by atoms with Crippen molar-refractivity contribution in [3.8, 4) is 0 Å². The second-order valence-corrected chi connectivity index (χ2v) is 7.64. The Hall–Kier alpha value is 0.154. The van der Waals surface area contributed by atoms with Crippen LogP contribution < -0.4 is 0 Å². The molecule has 0 radical (unpaired) electrons. The van der Waals surface area contributed by atoms with Gasteiger partial charge >= 0.3 is 0 Å². The molecule has 1 saturated heterocycles. The molecule has 0 aliphatic carbocycles. The molecule has 0 nitrogen and oxygen atoms in total. The summed E-state index contributed by atoms with van der Waals surface area (Å²) in [6.07, 6.45) is 0. The van der Waals surface area contributed by atoms with Crippen LogP contribution in [0.15, 0.2) is 0 Å². The van der Waals surface area contributed by atoms with E-state index in [-0.39, 0.29) is 0 Å². The minimum Gasteiger partial charge on any atom is -0.313 e. The van der Waals surface area contributed by atoms with Crippen molar-refractivity contribution >= 4 is 18.3 Å². The Labute approximate surface area is 47.1 Å². The van der Waals surface area contributed by atoms with E-state index in [2.05, 4.69) is 0 Å². The minimum absolute atomic E-state index is 1.95. The molecule has 0 saturated carbocycles. The summed E-state index contributed by atoms with van der Waals surface area (Å²) in [4.78, 5) is 0. The summed E-state index contributed by atoms with van der Waals surface area (Å²) in [6.45, 7) is 0. The van der Waals surface area contributed by atoms with E-state index in [0.29, 0.717) is 0 Å². The Balaban J connectivity index is 2.42. The van der Waals surface area contributed by atoms with Crippen molar-refractivity contribution in [2.75, 3.05) is 0 Å². The molecule has 6 heteroatoms. The highest BCUT2D eigenvalue weighted by Gasteiger charge is 2.58. The first-order valence-corrected chi connectivity index (χ1v) is 5.75. The molecule has 1 fully saturated rings. The molecule has 0 atom stereocenters. The SMILES string of the molecule is FC1[SiH](F)C(F)[SiH]1F. The van der Waals surface area contributed by atoms with Crippen LogP contribution in [0.1, 0.15) is 0 Å². The zero-order valence-electron chi connectivity index (χ0n) is 3.82. The van der Waals surface area contributed by atoms with Crippen molar-refractivity contribution in [2.45, 2.75) is 10.8 Å². The van der Waals surface area contributed by atoms with Crippen molar-refractivity contribution < 1.29 is 17.0 Å². The molecule has 1 aliphatic heterocycles. The van der Waals surface area contributed by atoms with Gasteiger partial charge < -0.3 is 8.22 Å². The van der Waals surface area contributed by atoms with Crippen molar-refractivity contribution in [3.63, 3.8) is 0 Å². The van der Waals surface area contributed by atoms with Crippen LogP contribution in [-0.2, 0) is 0 Å². The van der Waals surface area contributed by atoms with E-state index in [0.717, 1.165) is 0 Å². The highest BCUT2D eigenvalue weighted by molar-refractivity contribution is 6.92. The second kappa shape index (κ2) is 1.83. The largest absolute Gasteiger partial charge is 0.313 e. The first-order valence-electron chi connectivity index (χ1n) is 2.21. The Morgan fingerprint density at radius 2 is 1.12 bits per heavy atom. The Bertz CT molecular complexity index is 66.0. The van der Waals surface area contributed by atoms with Crippen LogP contribution in [0.25, 0.3) is 0 Å². The van der Waals surface area contributed by atoms with E-state index in [1.54, 1.807) is 0 Å². The molecule has 0 amide bonds. The van der Waals surface area contributed by atoms with E-state index >= 15 is 0 Å². The van der Waals surface area contributed by atoms with Gasteiger partial charge in [0.1, 0.15) is 10.8 Å². The lowest BCUT2D eigenvalue weighted by Crippen LogP contribution is -2.62. The van der Waals surface area contributed by atoms with Crippen molar-refractivity contribution in [2.24, 2.45) is 0 Å². The topological polar surface area (TPSA) is 0 Å². The van der Waals surface area contributed by atoms with Gasteiger partial charge in [-0.2, -0.15) is 0 Å².